The van der Waals surface area contributed by atoms with Gasteiger partial charge in [-0.05, 0) is 73.6 Å². The topological polar surface area (TPSA) is 40.1 Å². The quantitative estimate of drug-likeness (QED) is 0.419. The van der Waals surface area contributed by atoms with Crippen LogP contribution >= 0.6 is 0 Å². The van der Waals surface area contributed by atoms with E-state index in [0.717, 1.165) is 31.7 Å². The number of anilines is 1. The highest BCUT2D eigenvalue weighted by Gasteiger charge is 2.30. The van der Waals surface area contributed by atoms with E-state index in [4.69, 9.17) is 0 Å². The fourth-order valence-electron chi connectivity index (χ4n) is 6.46. The summed E-state index contributed by atoms with van der Waals surface area (Å²) in [6.07, 6.45) is 9.49. The molecule has 5 nitrogen and oxygen atoms in total. The molecule has 1 saturated carbocycles. The average Bonchev–Trinajstić information content (AvgIpc) is 3.43. The molecule has 1 saturated heterocycles. The Labute approximate surface area is 201 Å². The highest BCUT2D eigenvalue weighted by Crippen LogP contribution is 2.39. The van der Waals surface area contributed by atoms with Crippen LogP contribution in [0.3, 0.4) is 0 Å². The van der Waals surface area contributed by atoms with Gasteiger partial charge in [0, 0.05) is 86.2 Å². The van der Waals surface area contributed by atoms with Crippen molar-refractivity contribution in [2.45, 2.75) is 37.6 Å². The minimum Gasteiger partial charge on any atom is -0.368 e. The van der Waals surface area contributed by atoms with Gasteiger partial charge in [-0.1, -0.05) is 6.07 Å². The predicted molar refractivity (Wildman–Crippen MR) is 139 cm³/mol. The molecule has 0 N–H and O–H groups in total. The van der Waals surface area contributed by atoms with Crippen molar-refractivity contribution in [1.29, 1.82) is 5.26 Å². The number of aromatic nitrogens is 2. The lowest BCUT2D eigenvalue weighted by molar-refractivity contribution is 0.141. The summed E-state index contributed by atoms with van der Waals surface area (Å²) < 4.78 is 4.44. The van der Waals surface area contributed by atoms with Crippen molar-refractivity contribution in [3.05, 3.63) is 66.0 Å². The normalized spacial score (nSPS) is 21.9. The van der Waals surface area contributed by atoms with E-state index >= 15 is 0 Å². The van der Waals surface area contributed by atoms with Gasteiger partial charge in [-0.15, -0.1) is 0 Å². The van der Waals surface area contributed by atoms with E-state index in [9.17, 15) is 5.26 Å². The lowest BCUT2D eigenvalue weighted by Gasteiger charge is -2.42. The van der Waals surface area contributed by atoms with Crippen molar-refractivity contribution in [2.75, 3.05) is 31.1 Å². The van der Waals surface area contributed by atoms with Crippen molar-refractivity contribution in [1.82, 2.24) is 14.0 Å². The fourth-order valence-corrected chi connectivity index (χ4v) is 6.46. The minimum atomic E-state index is 0.603. The summed E-state index contributed by atoms with van der Waals surface area (Å²) in [5.74, 6) is 0.603. The van der Waals surface area contributed by atoms with Crippen LogP contribution in [0.4, 0.5) is 5.69 Å². The van der Waals surface area contributed by atoms with Crippen LogP contribution < -0.4 is 4.90 Å². The lowest BCUT2D eigenvalue weighted by atomic mass is 9.81. The monoisotopic (exact) mass is 451 g/mol. The maximum Gasteiger partial charge on any atom is 0.0991 e. The number of aryl methyl sites for hydroxylation is 2. The molecule has 2 aromatic carbocycles. The van der Waals surface area contributed by atoms with Crippen molar-refractivity contribution < 1.29 is 0 Å². The average molecular weight is 452 g/mol. The molecular formula is C29H33N5. The third-order valence-corrected chi connectivity index (χ3v) is 8.36. The van der Waals surface area contributed by atoms with E-state index in [1.807, 2.05) is 6.07 Å². The molecule has 0 radical (unpaired) electrons. The second-order valence-corrected chi connectivity index (χ2v) is 10.2. The summed E-state index contributed by atoms with van der Waals surface area (Å²) in [4.78, 5) is 5.32. The van der Waals surface area contributed by atoms with E-state index in [1.165, 1.54) is 58.7 Å². The van der Waals surface area contributed by atoms with Gasteiger partial charge >= 0.3 is 0 Å². The molecule has 0 bridgehead atoms. The van der Waals surface area contributed by atoms with Crippen LogP contribution in [-0.2, 0) is 14.1 Å². The van der Waals surface area contributed by atoms with Gasteiger partial charge in [-0.3, -0.25) is 4.90 Å². The van der Waals surface area contributed by atoms with Crippen molar-refractivity contribution in [3.63, 3.8) is 0 Å². The summed E-state index contributed by atoms with van der Waals surface area (Å²) in [7, 11) is 4.25. The van der Waals surface area contributed by atoms with Crippen LogP contribution in [0.25, 0.3) is 21.8 Å². The molecule has 0 spiro atoms. The van der Waals surface area contributed by atoms with Crippen LogP contribution in [0.1, 0.15) is 42.7 Å². The Hall–Kier alpha value is -3.23. The van der Waals surface area contributed by atoms with Crippen LogP contribution in [0, 0.1) is 11.3 Å². The SMILES string of the molecule is Cn1cc(C2CCC(N3CCN(c4cccc5c4ccn5C)CC3)CC2)c2cc(C#N)ccc21. The largest absolute Gasteiger partial charge is 0.368 e. The third kappa shape index (κ3) is 3.58. The van der Waals surface area contributed by atoms with Crippen LogP contribution in [0.5, 0.6) is 0 Å². The zero-order valence-electron chi connectivity index (χ0n) is 20.2. The zero-order valence-corrected chi connectivity index (χ0v) is 20.2. The molecule has 4 aromatic rings. The number of piperazine rings is 1. The van der Waals surface area contributed by atoms with Gasteiger partial charge in [0.15, 0.2) is 0 Å². The molecule has 174 valence electrons. The first kappa shape index (κ1) is 21.3. The molecule has 6 rings (SSSR count). The predicted octanol–water partition coefficient (Wildman–Crippen LogP) is 5.39. The Kier molecular flexibility index (Phi) is 5.34. The highest BCUT2D eigenvalue weighted by atomic mass is 15.3. The van der Waals surface area contributed by atoms with Gasteiger partial charge < -0.3 is 14.0 Å². The Morgan fingerprint density at radius 1 is 0.824 bits per heavy atom. The first-order valence-electron chi connectivity index (χ1n) is 12.6. The number of benzene rings is 2. The third-order valence-electron chi connectivity index (χ3n) is 8.36. The first-order chi connectivity index (χ1) is 16.6. The van der Waals surface area contributed by atoms with Crippen molar-refractivity contribution in [2.24, 2.45) is 14.1 Å². The summed E-state index contributed by atoms with van der Waals surface area (Å²) in [6, 6.07) is 18.1. The number of fused-ring (bicyclic) bond motifs is 2. The molecule has 5 heteroatoms. The molecule has 3 heterocycles. The van der Waals surface area contributed by atoms with Crippen LogP contribution in [0.15, 0.2) is 54.9 Å². The number of hydrogen-bond acceptors (Lipinski definition) is 3. The first-order valence-corrected chi connectivity index (χ1v) is 12.6. The summed E-state index contributed by atoms with van der Waals surface area (Å²) in [6.45, 7) is 4.51. The van der Waals surface area contributed by atoms with Crippen molar-refractivity contribution >= 4 is 27.5 Å². The van der Waals surface area contributed by atoms with Gasteiger partial charge in [0.05, 0.1) is 11.6 Å². The fraction of sp³-hybridized carbons (Fsp3) is 0.414. The summed E-state index contributed by atoms with van der Waals surface area (Å²) in [5.41, 5.74) is 6.13. The number of rotatable bonds is 3. The van der Waals surface area contributed by atoms with Gasteiger partial charge in [-0.25, -0.2) is 0 Å². The Balaban J connectivity index is 1.11. The van der Waals surface area contributed by atoms with Gasteiger partial charge in [-0.2, -0.15) is 5.26 Å². The highest BCUT2D eigenvalue weighted by molar-refractivity contribution is 5.93. The molecule has 0 atom stereocenters. The van der Waals surface area contributed by atoms with E-state index in [2.05, 4.69) is 87.9 Å². The van der Waals surface area contributed by atoms with Gasteiger partial charge in [0.25, 0.3) is 0 Å². The molecule has 1 aliphatic carbocycles. The molecule has 2 aromatic heterocycles. The van der Waals surface area contributed by atoms with E-state index in [0.29, 0.717) is 12.0 Å². The van der Waals surface area contributed by atoms with E-state index in [-0.39, 0.29) is 0 Å². The molecular weight excluding hydrogens is 418 g/mol. The van der Waals surface area contributed by atoms with Gasteiger partial charge in [0.2, 0.25) is 0 Å². The van der Waals surface area contributed by atoms with Crippen molar-refractivity contribution in [3.8, 4) is 6.07 Å². The van der Waals surface area contributed by atoms with E-state index < -0.39 is 0 Å². The molecule has 2 fully saturated rings. The number of nitrogens with zero attached hydrogens (tertiary/aromatic N) is 5. The van der Waals surface area contributed by atoms with Crippen LogP contribution in [-0.4, -0.2) is 46.3 Å². The second-order valence-electron chi connectivity index (χ2n) is 10.2. The smallest absolute Gasteiger partial charge is 0.0991 e. The molecule has 2 aliphatic rings. The zero-order chi connectivity index (χ0) is 23.2. The Bertz CT molecular complexity index is 1370. The molecule has 1 aliphatic heterocycles. The summed E-state index contributed by atoms with van der Waals surface area (Å²) >= 11 is 0. The van der Waals surface area contributed by atoms with Crippen LogP contribution in [0.2, 0.25) is 0 Å². The summed E-state index contributed by atoms with van der Waals surface area (Å²) in [5, 5.41) is 12.0. The van der Waals surface area contributed by atoms with E-state index in [1.54, 1.807) is 0 Å². The Morgan fingerprint density at radius 3 is 2.35 bits per heavy atom. The number of nitriles is 1. The molecule has 0 amide bonds. The standard InChI is InChI=1S/C29H33N5/c1-31-13-12-24-27(31)4-3-5-29(24)34-16-14-33(15-17-34)23-9-7-22(8-10-23)26-20-32(2)28-11-6-21(19-30)18-25(26)28/h3-6,11-13,18,20,22-23H,7-10,14-17H2,1-2H3. The maximum absolute atomic E-state index is 9.36. The number of hydrogen-bond donors (Lipinski definition) is 0. The lowest BCUT2D eigenvalue weighted by Crippen LogP contribution is -2.51. The van der Waals surface area contributed by atoms with Gasteiger partial charge in [0.1, 0.15) is 0 Å². The molecule has 34 heavy (non-hydrogen) atoms. The Morgan fingerprint density at radius 2 is 1.59 bits per heavy atom. The molecule has 0 unspecified atom stereocenters. The maximum atomic E-state index is 9.36. The second kappa shape index (κ2) is 8.52. The minimum absolute atomic E-state index is 0.603.